The molecule has 2 N–H and O–H groups in total. The number of nitrogens with zero attached hydrogens (tertiary/aromatic N) is 1. The lowest BCUT2D eigenvalue weighted by molar-refractivity contribution is -0.914. The Labute approximate surface area is 153 Å². The summed E-state index contributed by atoms with van der Waals surface area (Å²) in [4.78, 5) is 3.83. The number of phenolic OH excluding ortho intramolecular Hbond substituents is 1. The highest BCUT2D eigenvalue weighted by molar-refractivity contribution is 5.58. The maximum atomic E-state index is 10.3. The molecule has 0 radical (unpaired) electrons. The summed E-state index contributed by atoms with van der Waals surface area (Å²) in [6.45, 7) is 7.63. The average Bonchev–Trinajstić information content (AvgIpc) is 3.11. The van der Waals surface area contributed by atoms with Gasteiger partial charge < -0.3 is 29.1 Å². The molecule has 4 rings (SSSR count). The predicted molar refractivity (Wildman–Crippen MR) is 98.5 cm³/mol. The molecule has 2 aliphatic heterocycles. The van der Waals surface area contributed by atoms with Gasteiger partial charge in [-0.3, -0.25) is 0 Å². The summed E-state index contributed by atoms with van der Waals surface area (Å²) < 4.78 is 16.5. The highest BCUT2D eigenvalue weighted by atomic mass is 16.7. The molecule has 1 saturated heterocycles. The van der Waals surface area contributed by atoms with Gasteiger partial charge in [-0.2, -0.15) is 0 Å². The molecule has 26 heavy (non-hydrogen) atoms. The van der Waals surface area contributed by atoms with Crippen molar-refractivity contribution in [3.05, 3.63) is 42.0 Å². The Bertz CT molecular complexity index is 772. The first kappa shape index (κ1) is 16.8. The van der Waals surface area contributed by atoms with Gasteiger partial charge in [0.15, 0.2) is 11.5 Å². The van der Waals surface area contributed by atoms with Crippen LogP contribution in [0.5, 0.6) is 23.0 Å². The second kappa shape index (κ2) is 7.33. The molecule has 1 fully saturated rings. The van der Waals surface area contributed by atoms with Crippen LogP contribution in [0.4, 0.5) is 5.69 Å². The van der Waals surface area contributed by atoms with Crippen molar-refractivity contribution in [2.24, 2.45) is 0 Å². The fraction of sp³-hybridized carbons (Fsp3) is 0.400. The Kier molecular flexibility index (Phi) is 4.75. The second-order valence-electron chi connectivity index (χ2n) is 6.65. The smallest absolute Gasteiger partial charge is 0.231 e. The van der Waals surface area contributed by atoms with Gasteiger partial charge in [-0.25, -0.2) is 0 Å². The number of para-hydroxylation sites is 2. The Hall–Kier alpha value is -2.60. The molecule has 138 valence electrons. The Morgan fingerprint density at radius 2 is 1.85 bits per heavy atom. The largest absolute Gasteiger partial charge is 0.507 e. The number of fused-ring (bicyclic) bond motifs is 1. The summed E-state index contributed by atoms with van der Waals surface area (Å²) in [7, 11) is 0. The van der Waals surface area contributed by atoms with Gasteiger partial charge in [0.1, 0.15) is 18.0 Å². The van der Waals surface area contributed by atoms with Crippen LogP contribution in [0, 0.1) is 0 Å². The summed E-state index contributed by atoms with van der Waals surface area (Å²) in [6, 6.07) is 11.8. The number of benzene rings is 2. The zero-order chi connectivity index (χ0) is 17.9. The van der Waals surface area contributed by atoms with E-state index in [-0.39, 0.29) is 12.5 Å². The number of aromatic hydroxyl groups is 1. The molecule has 0 amide bonds. The van der Waals surface area contributed by atoms with Gasteiger partial charge in [-0.05, 0) is 25.1 Å². The Morgan fingerprint density at radius 1 is 1.12 bits per heavy atom. The van der Waals surface area contributed by atoms with E-state index in [0.29, 0.717) is 12.4 Å². The molecule has 0 unspecified atom stereocenters. The minimum atomic E-state index is 0.225. The molecule has 0 saturated carbocycles. The summed E-state index contributed by atoms with van der Waals surface area (Å²) in [5, 5.41) is 10.3. The molecular formula is C20H25N2O4+. The normalized spacial score (nSPS) is 16.7. The molecule has 2 aliphatic rings. The van der Waals surface area contributed by atoms with Crippen molar-refractivity contribution in [1.29, 1.82) is 0 Å². The number of hydrogen-bond donors (Lipinski definition) is 2. The van der Waals surface area contributed by atoms with E-state index in [4.69, 9.17) is 14.2 Å². The summed E-state index contributed by atoms with van der Waals surface area (Å²) in [5.74, 6) is 2.58. The topological polar surface area (TPSA) is 55.6 Å². The molecule has 0 atom stereocenters. The van der Waals surface area contributed by atoms with Gasteiger partial charge in [0.25, 0.3) is 0 Å². The molecule has 2 aromatic carbocycles. The summed E-state index contributed by atoms with van der Waals surface area (Å²) >= 11 is 0. The second-order valence-corrected chi connectivity index (χ2v) is 6.65. The number of quaternary nitrogens is 1. The summed E-state index contributed by atoms with van der Waals surface area (Å²) in [6.07, 6.45) is 0. The monoisotopic (exact) mass is 357 g/mol. The number of anilines is 1. The molecule has 0 spiro atoms. The van der Waals surface area contributed by atoms with Gasteiger partial charge in [0.2, 0.25) is 6.79 Å². The molecule has 0 aromatic heterocycles. The van der Waals surface area contributed by atoms with Crippen molar-refractivity contribution in [3.63, 3.8) is 0 Å². The Morgan fingerprint density at radius 3 is 2.62 bits per heavy atom. The van der Waals surface area contributed by atoms with Gasteiger partial charge in [-0.1, -0.05) is 12.1 Å². The number of hydrogen-bond acceptors (Lipinski definition) is 5. The standard InChI is InChI=1S/C20H24N2O4/c1-2-24-18-6-4-3-5-16(18)22-9-7-21(8-10-22)13-15-11-19-20(12-17(15)23)26-14-25-19/h3-6,11-12,23H,2,7-10,13-14H2,1H3/p+1. The summed E-state index contributed by atoms with van der Waals surface area (Å²) in [5.41, 5.74) is 2.08. The van der Waals surface area contributed by atoms with Crippen LogP contribution in [-0.4, -0.2) is 44.7 Å². The maximum Gasteiger partial charge on any atom is 0.231 e. The van der Waals surface area contributed by atoms with Gasteiger partial charge in [0.05, 0.1) is 44.0 Å². The van der Waals surface area contributed by atoms with Crippen LogP contribution in [0.15, 0.2) is 36.4 Å². The zero-order valence-electron chi connectivity index (χ0n) is 15.0. The maximum absolute atomic E-state index is 10.3. The Balaban J connectivity index is 1.40. The average molecular weight is 357 g/mol. The van der Waals surface area contributed by atoms with Crippen LogP contribution < -0.4 is 24.0 Å². The van der Waals surface area contributed by atoms with Crippen LogP contribution in [-0.2, 0) is 6.54 Å². The molecule has 6 nitrogen and oxygen atoms in total. The van der Waals surface area contributed by atoms with Crippen LogP contribution in [0.1, 0.15) is 12.5 Å². The van der Waals surface area contributed by atoms with E-state index in [0.717, 1.165) is 49.8 Å². The lowest BCUT2D eigenvalue weighted by Gasteiger charge is -2.34. The van der Waals surface area contributed by atoms with E-state index in [1.54, 1.807) is 6.07 Å². The fourth-order valence-corrected chi connectivity index (χ4v) is 3.62. The number of nitrogens with one attached hydrogen (secondary N) is 1. The van der Waals surface area contributed by atoms with Crippen molar-refractivity contribution < 1.29 is 24.2 Å². The first-order valence-electron chi connectivity index (χ1n) is 9.16. The fourth-order valence-electron chi connectivity index (χ4n) is 3.62. The zero-order valence-corrected chi connectivity index (χ0v) is 15.0. The lowest BCUT2D eigenvalue weighted by atomic mass is 10.1. The van der Waals surface area contributed by atoms with Gasteiger partial charge in [0, 0.05) is 6.07 Å². The molecule has 0 bridgehead atoms. The van der Waals surface area contributed by atoms with E-state index < -0.39 is 0 Å². The third-order valence-electron chi connectivity index (χ3n) is 4.99. The van der Waals surface area contributed by atoms with Gasteiger partial charge >= 0.3 is 0 Å². The van der Waals surface area contributed by atoms with Crippen molar-refractivity contribution in [1.82, 2.24) is 0 Å². The third-order valence-corrected chi connectivity index (χ3v) is 4.99. The third kappa shape index (κ3) is 3.37. The van der Waals surface area contributed by atoms with Crippen LogP contribution >= 0.6 is 0 Å². The number of ether oxygens (including phenoxy) is 3. The molecule has 2 heterocycles. The van der Waals surface area contributed by atoms with Crippen LogP contribution in [0.25, 0.3) is 0 Å². The highest BCUT2D eigenvalue weighted by Gasteiger charge is 2.25. The van der Waals surface area contributed by atoms with Gasteiger partial charge in [-0.15, -0.1) is 0 Å². The van der Waals surface area contributed by atoms with Crippen molar-refractivity contribution in [2.45, 2.75) is 13.5 Å². The predicted octanol–water partition coefficient (Wildman–Crippen LogP) is 1.42. The van der Waals surface area contributed by atoms with E-state index in [1.807, 2.05) is 25.1 Å². The van der Waals surface area contributed by atoms with E-state index >= 15 is 0 Å². The highest BCUT2D eigenvalue weighted by Crippen LogP contribution is 2.37. The van der Waals surface area contributed by atoms with E-state index in [9.17, 15) is 5.11 Å². The van der Waals surface area contributed by atoms with Crippen molar-refractivity contribution >= 4 is 5.69 Å². The van der Waals surface area contributed by atoms with E-state index in [2.05, 4.69) is 17.0 Å². The number of rotatable bonds is 5. The quantitative estimate of drug-likeness (QED) is 0.848. The lowest BCUT2D eigenvalue weighted by Crippen LogP contribution is -3.13. The first-order chi connectivity index (χ1) is 12.7. The van der Waals surface area contributed by atoms with Crippen molar-refractivity contribution in [2.75, 3.05) is 44.5 Å². The molecule has 2 aromatic rings. The SMILES string of the molecule is CCOc1ccccc1N1CC[NH+](Cc2cc3c(cc2O)OCO3)CC1. The van der Waals surface area contributed by atoms with Crippen LogP contribution in [0.2, 0.25) is 0 Å². The molecular weight excluding hydrogens is 332 g/mol. The van der Waals surface area contributed by atoms with Crippen LogP contribution in [0.3, 0.4) is 0 Å². The minimum Gasteiger partial charge on any atom is -0.507 e. The molecule has 6 heteroatoms. The van der Waals surface area contributed by atoms with E-state index in [1.165, 1.54) is 10.6 Å². The first-order valence-corrected chi connectivity index (χ1v) is 9.16. The number of phenols is 1. The van der Waals surface area contributed by atoms with Crippen molar-refractivity contribution in [3.8, 4) is 23.0 Å². The minimum absolute atomic E-state index is 0.225. The molecule has 0 aliphatic carbocycles. The number of piperazine rings is 1.